The Morgan fingerprint density at radius 2 is 1.75 bits per heavy atom. The normalized spacial score (nSPS) is 12.8. The molecule has 2 N–H and O–H groups in total. The largest absolute Gasteiger partial charge is 0.322 e. The number of benzene rings is 1. The van der Waals surface area contributed by atoms with Crippen LogP contribution < -0.4 is 5.73 Å². The number of aromatic nitrogens is 3. The van der Waals surface area contributed by atoms with Gasteiger partial charge in [-0.15, -0.1) is 5.10 Å². The van der Waals surface area contributed by atoms with Crippen LogP contribution >= 0.6 is 0 Å². The number of nitrogens with zero attached hydrogens (tertiary/aromatic N) is 3. The summed E-state index contributed by atoms with van der Waals surface area (Å²) in [5.41, 5.74) is 8.51. The third-order valence-corrected chi connectivity index (χ3v) is 3.74. The first-order valence-electron chi connectivity index (χ1n) is 7.49. The van der Waals surface area contributed by atoms with Crippen molar-refractivity contribution in [1.29, 1.82) is 0 Å². The van der Waals surface area contributed by atoms with Gasteiger partial charge in [-0.2, -0.15) is 0 Å². The minimum atomic E-state index is -0.00916. The Balaban J connectivity index is 2.26. The fraction of sp³-hybridized carbons (Fsp3) is 0.500. The van der Waals surface area contributed by atoms with Gasteiger partial charge >= 0.3 is 0 Å². The van der Waals surface area contributed by atoms with Gasteiger partial charge in [-0.1, -0.05) is 50.1 Å². The average Bonchev–Trinajstić information content (AvgIpc) is 2.96. The molecule has 0 aliphatic heterocycles. The van der Waals surface area contributed by atoms with Crippen LogP contribution in [-0.2, 0) is 0 Å². The van der Waals surface area contributed by atoms with Crippen molar-refractivity contribution in [2.75, 3.05) is 0 Å². The molecule has 1 heterocycles. The smallest absolute Gasteiger partial charge is 0.0815 e. The molecule has 2 rings (SSSR count). The third-order valence-electron chi connectivity index (χ3n) is 3.74. The molecule has 108 valence electrons. The van der Waals surface area contributed by atoms with Crippen LogP contribution in [0.4, 0.5) is 0 Å². The van der Waals surface area contributed by atoms with Gasteiger partial charge in [0.25, 0.3) is 0 Å². The van der Waals surface area contributed by atoms with Crippen molar-refractivity contribution in [3.05, 3.63) is 42.2 Å². The van der Waals surface area contributed by atoms with E-state index in [1.807, 2.05) is 35.0 Å². The van der Waals surface area contributed by atoms with E-state index >= 15 is 0 Å². The second-order valence-electron chi connectivity index (χ2n) is 5.27. The first kappa shape index (κ1) is 14.7. The Morgan fingerprint density at radius 1 is 1.10 bits per heavy atom. The van der Waals surface area contributed by atoms with Crippen LogP contribution in [0.2, 0.25) is 0 Å². The predicted molar refractivity (Wildman–Crippen MR) is 81.6 cm³/mol. The summed E-state index contributed by atoms with van der Waals surface area (Å²) in [5.74, 6) is 0.492. The van der Waals surface area contributed by atoms with Gasteiger partial charge in [0.05, 0.1) is 23.6 Å². The molecule has 1 unspecified atom stereocenters. The number of nitrogens with two attached hydrogens (primary N) is 1. The predicted octanol–water partition coefficient (Wildman–Crippen LogP) is 3.48. The van der Waals surface area contributed by atoms with Crippen LogP contribution in [0.25, 0.3) is 5.69 Å². The van der Waals surface area contributed by atoms with Crippen LogP contribution in [0.3, 0.4) is 0 Å². The van der Waals surface area contributed by atoms with E-state index in [1.165, 1.54) is 0 Å². The zero-order valence-corrected chi connectivity index (χ0v) is 12.4. The molecule has 1 aromatic heterocycles. The Kier molecular flexibility index (Phi) is 5.30. The minimum Gasteiger partial charge on any atom is -0.322 e. The van der Waals surface area contributed by atoms with Crippen molar-refractivity contribution in [2.45, 2.75) is 45.6 Å². The number of para-hydroxylation sites is 1. The fourth-order valence-electron chi connectivity index (χ4n) is 2.73. The summed E-state index contributed by atoms with van der Waals surface area (Å²) in [7, 11) is 0. The van der Waals surface area contributed by atoms with Crippen molar-refractivity contribution < 1.29 is 0 Å². The summed E-state index contributed by atoms with van der Waals surface area (Å²) in [4.78, 5) is 0. The Morgan fingerprint density at radius 3 is 2.35 bits per heavy atom. The maximum Gasteiger partial charge on any atom is 0.0815 e. The molecule has 0 saturated heterocycles. The zero-order valence-electron chi connectivity index (χ0n) is 12.4. The highest BCUT2D eigenvalue weighted by Crippen LogP contribution is 2.28. The summed E-state index contributed by atoms with van der Waals surface area (Å²) in [6.45, 7) is 4.42. The Bertz CT molecular complexity index is 500. The van der Waals surface area contributed by atoms with E-state index in [0.29, 0.717) is 5.92 Å². The van der Waals surface area contributed by atoms with Crippen molar-refractivity contribution in [3.8, 4) is 5.69 Å². The highest BCUT2D eigenvalue weighted by atomic mass is 15.4. The van der Waals surface area contributed by atoms with E-state index in [-0.39, 0.29) is 6.04 Å². The molecule has 0 amide bonds. The molecule has 1 aromatic carbocycles. The summed E-state index contributed by atoms with van der Waals surface area (Å²) in [6, 6.07) is 10.0. The molecule has 0 fully saturated rings. The summed E-state index contributed by atoms with van der Waals surface area (Å²) in [6.07, 6.45) is 6.41. The van der Waals surface area contributed by atoms with Crippen molar-refractivity contribution in [2.24, 2.45) is 11.7 Å². The lowest BCUT2D eigenvalue weighted by molar-refractivity contribution is 0.359. The van der Waals surface area contributed by atoms with Crippen LogP contribution in [0.15, 0.2) is 36.5 Å². The zero-order chi connectivity index (χ0) is 14.4. The van der Waals surface area contributed by atoms with Gasteiger partial charge in [0.1, 0.15) is 0 Å². The fourth-order valence-corrected chi connectivity index (χ4v) is 2.73. The molecule has 20 heavy (non-hydrogen) atoms. The van der Waals surface area contributed by atoms with E-state index in [1.54, 1.807) is 6.20 Å². The lowest BCUT2D eigenvalue weighted by Gasteiger charge is -2.23. The van der Waals surface area contributed by atoms with Gasteiger partial charge in [-0.25, -0.2) is 4.68 Å². The van der Waals surface area contributed by atoms with E-state index in [9.17, 15) is 0 Å². The van der Waals surface area contributed by atoms with Crippen LogP contribution in [-0.4, -0.2) is 15.0 Å². The van der Waals surface area contributed by atoms with Gasteiger partial charge in [0.2, 0.25) is 0 Å². The van der Waals surface area contributed by atoms with Crippen molar-refractivity contribution in [1.82, 2.24) is 15.0 Å². The number of hydrogen-bond donors (Lipinski definition) is 1. The molecule has 0 radical (unpaired) electrons. The molecular formula is C16H24N4. The minimum absolute atomic E-state index is 0.00916. The second-order valence-corrected chi connectivity index (χ2v) is 5.27. The van der Waals surface area contributed by atoms with Gasteiger partial charge < -0.3 is 5.73 Å². The Hall–Kier alpha value is -1.68. The van der Waals surface area contributed by atoms with Crippen LogP contribution in [0.1, 0.15) is 51.3 Å². The standard InChI is InChI=1S/C16H24N4/c1-3-8-13(9-4-2)16(17)15-12-18-19-20(15)14-10-6-5-7-11-14/h5-7,10-13,16H,3-4,8-9,17H2,1-2H3. The van der Waals surface area contributed by atoms with Crippen molar-refractivity contribution in [3.63, 3.8) is 0 Å². The maximum atomic E-state index is 6.49. The van der Waals surface area contributed by atoms with Gasteiger partial charge in [-0.05, 0) is 30.9 Å². The quantitative estimate of drug-likeness (QED) is 0.839. The second kappa shape index (κ2) is 7.20. The van der Waals surface area contributed by atoms with Gasteiger partial charge in [-0.3, -0.25) is 0 Å². The number of rotatable bonds is 7. The maximum absolute atomic E-state index is 6.49. The molecule has 0 bridgehead atoms. The highest BCUT2D eigenvalue weighted by Gasteiger charge is 2.22. The third kappa shape index (κ3) is 3.25. The summed E-state index contributed by atoms with van der Waals surface area (Å²) >= 11 is 0. The highest BCUT2D eigenvalue weighted by molar-refractivity contribution is 5.32. The molecule has 0 spiro atoms. The van der Waals surface area contributed by atoms with E-state index < -0.39 is 0 Å². The molecule has 0 aliphatic carbocycles. The van der Waals surface area contributed by atoms with Crippen LogP contribution in [0, 0.1) is 5.92 Å². The molecule has 0 aliphatic rings. The SMILES string of the molecule is CCCC(CCC)C(N)c1cnnn1-c1ccccc1. The average molecular weight is 272 g/mol. The molecule has 2 aromatic rings. The number of hydrogen-bond acceptors (Lipinski definition) is 3. The Labute approximate surface area is 121 Å². The van der Waals surface area contributed by atoms with E-state index in [2.05, 4.69) is 24.2 Å². The van der Waals surface area contributed by atoms with E-state index in [4.69, 9.17) is 5.73 Å². The summed E-state index contributed by atoms with van der Waals surface area (Å²) < 4.78 is 1.86. The lowest BCUT2D eigenvalue weighted by Crippen LogP contribution is -2.24. The van der Waals surface area contributed by atoms with Crippen LogP contribution in [0.5, 0.6) is 0 Å². The molecular weight excluding hydrogens is 248 g/mol. The molecule has 4 heteroatoms. The van der Waals surface area contributed by atoms with Gasteiger partial charge in [0.15, 0.2) is 0 Å². The topological polar surface area (TPSA) is 56.7 Å². The van der Waals surface area contributed by atoms with Gasteiger partial charge in [0, 0.05) is 0 Å². The first-order valence-corrected chi connectivity index (χ1v) is 7.49. The molecule has 1 atom stereocenters. The van der Waals surface area contributed by atoms with Crippen molar-refractivity contribution >= 4 is 0 Å². The van der Waals surface area contributed by atoms with E-state index in [0.717, 1.165) is 37.1 Å². The first-order chi connectivity index (χ1) is 9.77. The monoisotopic (exact) mass is 272 g/mol. The lowest BCUT2D eigenvalue weighted by atomic mass is 9.89. The summed E-state index contributed by atoms with van der Waals surface area (Å²) in [5, 5.41) is 8.25. The molecule has 0 saturated carbocycles. The molecule has 4 nitrogen and oxygen atoms in total.